The Bertz CT molecular complexity index is 607. The van der Waals surface area contributed by atoms with Crippen molar-refractivity contribution in [3.05, 3.63) is 36.0 Å². The van der Waals surface area contributed by atoms with Gasteiger partial charge in [0.05, 0.1) is 6.20 Å². The molecule has 2 rings (SSSR count). The Morgan fingerprint density at radius 2 is 1.95 bits per heavy atom. The number of anilines is 2. The second kappa shape index (κ2) is 5.11. The Kier molecular flexibility index (Phi) is 3.51. The third-order valence-corrected chi connectivity index (χ3v) is 2.26. The summed E-state index contributed by atoms with van der Waals surface area (Å²) in [5, 5.41) is 8.43. The normalized spacial score (nSPS) is 11.2. The molecule has 9 heteroatoms. The van der Waals surface area contributed by atoms with Crippen molar-refractivity contribution in [1.29, 1.82) is 0 Å². The Balaban J connectivity index is 2.04. The zero-order valence-corrected chi connectivity index (χ0v) is 9.86. The number of carbonyl (C=O) groups excluding carboxylic acids is 1. The molecule has 0 aliphatic heterocycles. The van der Waals surface area contributed by atoms with Gasteiger partial charge in [-0.3, -0.25) is 9.89 Å². The molecule has 0 radical (unpaired) electrons. The lowest BCUT2D eigenvalue weighted by molar-refractivity contribution is -0.274. The molecule has 0 aliphatic carbocycles. The molecular weight excluding hydrogens is 277 g/mol. The standard InChI is InChI=1S/C11H9F3N4O2/c12-11(13,14)20-7-3-1-6(2-4-7)17-10(19)8-5-16-18-9(8)15/h1-5H,(H,17,19)(H3,15,16,18). The highest BCUT2D eigenvalue weighted by atomic mass is 19.4. The number of nitrogens with one attached hydrogen (secondary N) is 2. The van der Waals surface area contributed by atoms with Crippen LogP contribution in [0.25, 0.3) is 0 Å². The number of halogens is 3. The largest absolute Gasteiger partial charge is 0.573 e. The quantitative estimate of drug-likeness (QED) is 0.806. The minimum Gasteiger partial charge on any atom is -0.406 e. The van der Waals surface area contributed by atoms with Gasteiger partial charge in [0.1, 0.15) is 17.1 Å². The highest BCUT2D eigenvalue weighted by Gasteiger charge is 2.30. The van der Waals surface area contributed by atoms with Gasteiger partial charge in [0.15, 0.2) is 0 Å². The average Bonchev–Trinajstić information content (AvgIpc) is 2.76. The predicted molar refractivity (Wildman–Crippen MR) is 64.1 cm³/mol. The van der Waals surface area contributed by atoms with E-state index >= 15 is 0 Å². The van der Waals surface area contributed by atoms with Crippen LogP contribution in [0.1, 0.15) is 10.4 Å². The summed E-state index contributed by atoms with van der Waals surface area (Å²) in [6.45, 7) is 0. The van der Waals surface area contributed by atoms with E-state index in [1.807, 2.05) is 0 Å². The number of nitrogen functional groups attached to an aromatic ring is 1. The first-order valence-electron chi connectivity index (χ1n) is 5.31. The van der Waals surface area contributed by atoms with Crippen molar-refractivity contribution in [2.24, 2.45) is 0 Å². The number of ether oxygens (including phenoxy) is 1. The van der Waals surface area contributed by atoms with Crippen molar-refractivity contribution < 1.29 is 22.7 Å². The lowest BCUT2D eigenvalue weighted by Crippen LogP contribution is -2.17. The summed E-state index contributed by atoms with van der Waals surface area (Å²) in [4.78, 5) is 11.7. The molecule has 0 fully saturated rings. The van der Waals surface area contributed by atoms with Crippen molar-refractivity contribution >= 4 is 17.4 Å². The number of aromatic amines is 1. The second-order valence-corrected chi connectivity index (χ2v) is 3.72. The number of carbonyl (C=O) groups is 1. The molecule has 0 saturated heterocycles. The molecule has 0 bridgehead atoms. The Labute approximate surface area is 110 Å². The maximum Gasteiger partial charge on any atom is 0.573 e. The predicted octanol–water partition coefficient (Wildman–Crippen LogP) is 2.14. The monoisotopic (exact) mass is 286 g/mol. The van der Waals surface area contributed by atoms with E-state index in [1.54, 1.807) is 0 Å². The Morgan fingerprint density at radius 1 is 1.30 bits per heavy atom. The molecule has 106 valence electrons. The summed E-state index contributed by atoms with van der Waals surface area (Å²) >= 11 is 0. The van der Waals surface area contributed by atoms with Gasteiger partial charge in [-0.15, -0.1) is 13.2 Å². The SMILES string of the molecule is Nc1[nH]ncc1C(=O)Nc1ccc(OC(F)(F)F)cc1. The fourth-order valence-electron chi connectivity index (χ4n) is 1.42. The van der Waals surface area contributed by atoms with Crippen LogP contribution in [0.3, 0.4) is 0 Å². The van der Waals surface area contributed by atoms with E-state index in [1.165, 1.54) is 18.3 Å². The fraction of sp³-hybridized carbons (Fsp3) is 0.0909. The number of aromatic nitrogens is 2. The molecule has 6 nitrogen and oxygen atoms in total. The molecule has 0 unspecified atom stereocenters. The topological polar surface area (TPSA) is 93.0 Å². The van der Waals surface area contributed by atoms with Crippen molar-refractivity contribution in [3.8, 4) is 5.75 Å². The molecule has 20 heavy (non-hydrogen) atoms. The molecule has 0 aliphatic rings. The van der Waals surface area contributed by atoms with E-state index in [9.17, 15) is 18.0 Å². The number of H-pyrrole nitrogens is 1. The molecule has 0 spiro atoms. The number of amides is 1. The molecule has 1 amide bonds. The number of alkyl halides is 3. The molecular formula is C11H9F3N4O2. The van der Waals surface area contributed by atoms with Crippen LogP contribution < -0.4 is 15.8 Å². The molecule has 1 heterocycles. The minimum absolute atomic E-state index is 0.0968. The fourth-order valence-corrected chi connectivity index (χ4v) is 1.42. The molecule has 0 atom stereocenters. The first kappa shape index (κ1) is 13.7. The summed E-state index contributed by atoms with van der Waals surface area (Å²) in [5.41, 5.74) is 5.90. The average molecular weight is 286 g/mol. The minimum atomic E-state index is -4.75. The van der Waals surface area contributed by atoms with Crippen LogP contribution in [0.5, 0.6) is 5.75 Å². The van der Waals surface area contributed by atoms with Crippen LogP contribution in [0.4, 0.5) is 24.7 Å². The lowest BCUT2D eigenvalue weighted by atomic mass is 10.2. The second-order valence-electron chi connectivity index (χ2n) is 3.72. The lowest BCUT2D eigenvalue weighted by Gasteiger charge is -2.09. The van der Waals surface area contributed by atoms with Crippen molar-refractivity contribution in [1.82, 2.24) is 10.2 Å². The summed E-state index contributed by atoms with van der Waals surface area (Å²) < 4.78 is 39.6. The van der Waals surface area contributed by atoms with Crippen LogP contribution in [0, 0.1) is 0 Å². The van der Waals surface area contributed by atoms with Gasteiger partial charge in [-0.25, -0.2) is 0 Å². The van der Waals surface area contributed by atoms with Crippen LogP contribution in [0.2, 0.25) is 0 Å². The number of rotatable bonds is 3. The Hall–Kier alpha value is -2.71. The van der Waals surface area contributed by atoms with E-state index in [4.69, 9.17) is 5.73 Å². The van der Waals surface area contributed by atoms with E-state index < -0.39 is 12.3 Å². The summed E-state index contributed by atoms with van der Waals surface area (Å²) in [7, 11) is 0. The zero-order chi connectivity index (χ0) is 14.8. The maximum absolute atomic E-state index is 12.0. The zero-order valence-electron chi connectivity index (χ0n) is 9.86. The van der Waals surface area contributed by atoms with Gasteiger partial charge in [-0.2, -0.15) is 5.10 Å². The van der Waals surface area contributed by atoms with Gasteiger partial charge in [-0.05, 0) is 24.3 Å². The number of hydrogen-bond acceptors (Lipinski definition) is 4. The Morgan fingerprint density at radius 3 is 2.45 bits per heavy atom. The van der Waals surface area contributed by atoms with Crippen molar-refractivity contribution in [2.75, 3.05) is 11.1 Å². The highest BCUT2D eigenvalue weighted by molar-refractivity contribution is 6.07. The number of benzene rings is 1. The van der Waals surface area contributed by atoms with Crippen LogP contribution in [-0.4, -0.2) is 22.5 Å². The van der Waals surface area contributed by atoms with Gasteiger partial charge in [0, 0.05) is 5.69 Å². The van der Waals surface area contributed by atoms with E-state index in [2.05, 4.69) is 20.3 Å². The van der Waals surface area contributed by atoms with E-state index in [-0.39, 0.29) is 17.1 Å². The maximum atomic E-state index is 12.0. The van der Waals surface area contributed by atoms with Gasteiger partial charge in [0.2, 0.25) is 0 Å². The smallest absolute Gasteiger partial charge is 0.406 e. The van der Waals surface area contributed by atoms with Gasteiger partial charge >= 0.3 is 6.36 Å². The van der Waals surface area contributed by atoms with Gasteiger partial charge in [-0.1, -0.05) is 0 Å². The van der Waals surface area contributed by atoms with Crippen LogP contribution in [-0.2, 0) is 0 Å². The number of nitrogens with zero attached hydrogens (tertiary/aromatic N) is 1. The summed E-state index contributed by atoms with van der Waals surface area (Å²) in [6, 6.07) is 4.72. The third-order valence-electron chi connectivity index (χ3n) is 2.26. The van der Waals surface area contributed by atoms with Gasteiger partial charge < -0.3 is 15.8 Å². The van der Waals surface area contributed by atoms with Gasteiger partial charge in [0.25, 0.3) is 5.91 Å². The van der Waals surface area contributed by atoms with Crippen LogP contribution in [0.15, 0.2) is 30.5 Å². The molecule has 2 aromatic rings. The molecule has 4 N–H and O–H groups in total. The first-order chi connectivity index (χ1) is 9.35. The highest BCUT2D eigenvalue weighted by Crippen LogP contribution is 2.24. The summed E-state index contributed by atoms with van der Waals surface area (Å²) in [6.07, 6.45) is -3.51. The number of nitrogens with two attached hydrogens (primary N) is 1. The third kappa shape index (κ3) is 3.40. The van der Waals surface area contributed by atoms with E-state index in [0.717, 1.165) is 12.1 Å². The van der Waals surface area contributed by atoms with Crippen molar-refractivity contribution in [2.45, 2.75) is 6.36 Å². The molecule has 0 saturated carbocycles. The number of hydrogen-bond donors (Lipinski definition) is 3. The van der Waals surface area contributed by atoms with Crippen LogP contribution >= 0.6 is 0 Å². The first-order valence-corrected chi connectivity index (χ1v) is 5.31. The van der Waals surface area contributed by atoms with Crippen molar-refractivity contribution in [3.63, 3.8) is 0 Å². The van der Waals surface area contributed by atoms with E-state index in [0.29, 0.717) is 5.69 Å². The molecule has 1 aromatic heterocycles. The molecule has 1 aromatic carbocycles. The summed E-state index contributed by atoms with van der Waals surface area (Å²) in [5.74, 6) is -0.807.